The van der Waals surface area contributed by atoms with Gasteiger partial charge in [0.1, 0.15) is 5.82 Å². The summed E-state index contributed by atoms with van der Waals surface area (Å²) in [6.07, 6.45) is 0. The van der Waals surface area contributed by atoms with Crippen LogP contribution in [0, 0.1) is 5.82 Å². The molecular formula is C18H18F3N3O2S. The molecule has 0 atom stereocenters. The molecule has 0 aromatic heterocycles. The van der Waals surface area contributed by atoms with E-state index in [1.165, 1.54) is 31.4 Å². The molecule has 0 saturated heterocycles. The molecule has 0 spiro atoms. The van der Waals surface area contributed by atoms with Crippen LogP contribution in [0.1, 0.15) is 18.1 Å². The molecular weight excluding hydrogens is 379 g/mol. The van der Waals surface area contributed by atoms with Crippen LogP contribution in [0.2, 0.25) is 0 Å². The first-order chi connectivity index (χ1) is 12.9. The van der Waals surface area contributed by atoms with Gasteiger partial charge in [0.25, 0.3) is 0 Å². The van der Waals surface area contributed by atoms with Gasteiger partial charge in [-0.1, -0.05) is 12.1 Å². The van der Waals surface area contributed by atoms with E-state index in [2.05, 4.69) is 20.6 Å². The Balaban J connectivity index is 1.95. The minimum absolute atomic E-state index is 0.0616. The third kappa shape index (κ3) is 6.45. The zero-order chi connectivity index (χ0) is 19.8. The van der Waals surface area contributed by atoms with Gasteiger partial charge in [0.15, 0.2) is 16.6 Å². The molecule has 2 N–H and O–H groups in total. The molecule has 2 rings (SSSR count). The zero-order valence-electron chi connectivity index (χ0n) is 14.6. The minimum atomic E-state index is -2.94. The Morgan fingerprint density at radius 1 is 1.15 bits per heavy atom. The van der Waals surface area contributed by atoms with E-state index in [0.717, 1.165) is 5.56 Å². The topological polar surface area (TPSA) is 54.9 Å². The van der Waals surface area contributed by atoms with Crippen molar-refractivity contribution in [3.05, 3.63) is 59.4 Å². The predicted octanol–water partition coefficient (Wildman–Crippen LogP) is 3.82. The van der Waals surface area contributed by atoms with Crippen molar-refractivity contribution in [2.45, 2.75) is 20.1 Å². The number of thiocarbonyl (C=S) groups is 1. The Bertz CT molecular complexity index is 814. The van der Waals surface area contributed by atoms with Gasteiger partial charge in [-0.2, -0.15) is 13.9 Å². The standard InChI is InChI=1S/C18H18F3N3O2S/c1-11(13-5-8-15(26-17(20)21)16(9-13)25-2)23-24-18(27)22-10-12-3-6-14(19)7-4-12/h3-9,17H,10H2,1-2H3,(H2,22,24,27)/b23-11-. The zero-order valence-corrected chi connectivity index (χ0v) is 15.4. The van der Waals surface area contributed by atoms with Gasteiger partial charge in [0, 0.05) is 12.1 Å². The van der Waals surface area contributed by atoms with Crippen molar-refractivity contribution in [3.63, 3.8) is 0 Å². The molecule has 0 radical (unpaired) electrons. The lowest BCUT2D eigenvalue weighted by Crippen LogP contribution is -2.32. The fraction of sp³-hybridized carbons (Fsp3) is 0.222. The summed E-state index contributed by atoms with van der Waals surface area (Å²) in [6.45, 7) is -0.808. The molecule has 0 heterocycles. The third-order valence-electron chi connectivity index (χ3n) is 3.49. The van der Waals surface area contributed by atoms with Crippen molar-refractivity contribution in [2.24, 2.45) is 5.10 Å². The second-order valence-electron chi connectivity index (χ2n) is 5.36. The van der Waals surface area contributed by atoms with E-state index < -0.39 is 6.61 Å². The maximum Gasteiger partial charge on any atom is 0.387 e. The van der Waals surface area contributed by atoms with Gasteiger partial charge >= 0.3 is 6.61 Å². The largest absolute Gasteiger partial charge is 0.493 e. The van der Waals surface area contributed by atoms with Crippen LogP contribution in [0.5, 0.6) is 11.5 Å². The van der Waals surface area contributed by atoms with E-state index in [1.54, 1.807) is 25.1 Å². The van der Waals surface area contributed by atoms with Gasteiger partial charge in [-0.05, 0) is 55.0 Å². The number of hydrogen-bond donors (Lipinski definition) is 2. The van der Waals surface area contributed by atoms with Crippen molar-refractivity contribution in [2.75, 3.05) is 7.11 Å². The first-order valence-corrected chi connectivity index (χ1v) is 8.25. The van der Waals surface area contributed by atoms with E-state index in [0.29, 0.717) is 17.8 Å². The van der Waals surface area contributed by atoms with E-state index in [4.69, 9.17) is 17.0 Å². The van der Waals surface area contributed by atoms with Crippen LogP contribution in [-0.2, 0) is 6.54 Å². The smallest absolute Gasteiger partial charge is 0.387 e. The first-order valence-electron chi connectivity index (χ1n) is 7.85. The Hall–Kier alpha value is -2.81. The van der Waals surface area contributed by atoms with Crippen molar-refractivity contribution in [1.82, 2.24) is 10.7 Å². The van der Waals surface area contributed by atoms with Gasteiger partial charge < -0.3 is 14.8 Å². The lowest BCUT2D eigenvalue weighted by Gasteiger charge is -2.12. The highest BCUT2D eigenvalue weighted by Gasteiger charge is 2.12. The van der Waals surface area contributed by atoms with Crippen LogP contribution in [0.4, 0.5) is 13.2 Å². The van der Waals surface area contributed by atoms with Gasteiger partial charge in [-0.15, -0.1) is 0 Å². The molecule has 0 saturated carbocycles. The summed E-state index contributed by atoms with van der Waals surface area (Å²) < 4.78 is 47.0. The number of hydrogen-bond acceptors (Lipinski definition) is 4. The molecule has 2 aromatic rings. The molecule has 144 valence electrons. The quantitative estimate of drug-likeness (QED) is 0.423. The third-order valence-corrected chi connectivity index (χ3v) is 3.72. The molecule has 9 heteroatoms. The monoisotopic (exact) mass is 397 g/mol. The number of methoxy groups -OCH3 is 1. The highest BCUT2D eigenvalue weighted by Crippen LogP contribution is 2.29. The molecule has 5 nitrogen and oxygen atoms in total. The van der Waals surface area contributed by atoms with Gasteiger partial charge in [-0.25, -0.2) is 4.39 Å². The van der Waals surface area contributed by atoms with Crippen LogP contribution in [0.25, 0.3) is 0 Å². The van der Waals surface area contributed by atoms with E-state index >= 15 is 0 Å². The number of nitrogens with one attached hydrogen (secondary N) is 2. The maximum atomic E-state index is 12.9. The molecule has 0 aliphatic carbocycles. The lowest BCUT2D eigenvalue weighted by molar-refractivity contribution is -0.0512. The van der Waals surface area contributed by atoms with Gasteiger partial charge in [0.05, 0.1) is 12.8 Å². The highest BCUT2D eigenvalue weighted by molar-refractivity contribution is 7.80. The Kier molecular flexibility index (Phi) is 7.42. The summed E-state index contributed by atoms with van der Waals surface area (Å²) in [6, 6.07) is 10.5. The molecule has 2 aromatic carbocycles. The molecule has 0 fully saturated rings. The average molecular weight is 397 g/mol. The summed E-state index contributed by atoms with van der Waals surface area (Å²) in [5.41, 5.74) is 4.75. The summed E-state index contributed by atoms with van der Waals surface area (Å²) in [4.78, 5) is 0. The number of rotatable bonds is 7. The second-order valence-corrected chi connectivity index (χ2v) is 5.77. The average Bonchev–Trinajstić information content (AvgIpc) is 2.65. The summed E-state index contributed by atoms with van der Waals surface area (Å²) in [5, 5.41) is 7.37. The molecule has 27 heavy (non-hydrogen) atoms. The van der Waals surface area contributed by atoms with Crippen LogP contribution in [-0.4, -0.2) is 24.5 Å². The number of hydrazone groups is 1. The molecule has 0 bridgehead atoms. The molecule has 0 amide bonds. The van der Waals surface area contributed by atoms with Gasteiger partial charge in [0.2, 0.25) is 0 Å². The van der Waals surface area contributed by atoms with Crippen molar-refractivity contribution in [3.8, 4) is 11.5 Å². The number of nitrogens with zero attached hydrogens (tertiary/aromatic N) is 1. The number of ether oxygens (including phenoxy) is 2. The van der Waals surface area contributed by atoms with Gasteiger partial charge in [-0.3, -0.25) is 5.43 Å². The van der Waals surface area contributed by atoms with Crippen LogP contribution in [0.15, 0.2) is 47.6 Å². The van der Waals surface area contributed by atoms with Crippen molar-refractivity contribution < 1.29 is 22.6 Å². The molecule has 0 unspecified atom stereocenters. The fourth-order valence-corrected chi connectivity index (χ4v) is 2.23. The predicted molar refractivity (Wildman–Crippen MR) is 101 cm³/mol. The minimum Gasteiger partial charge on any atom is -0.493 e. The van der Waals surface area contributed by atoms with Crippen molar-refractivity contribution in [1.29, 1.82) is 0 Å². The van der Waals surface area contributed by atoms with E-state index in [1.807, 2.05) is 0 Å². The van der Waals surface area contributed by atoms with Crippen LogP contribution in [0.3, 0.4) is 0 Å². The highest BCUT2D eigenvalue weighted by atomic mass is 32.1. The first kappa shape index (κ1) is 20.5. The Morgan fingerprint density at radius 3 is 2.48 bits per heavy atom. The van der Waals surface area contributed by atoms with Crippen LogP contribution < -0.4 is 20.2 Å². The Labute approximate surface area is 160 Å². The maximum absolute atomic E-state index is 12.9. The number of halogens is 3. The molecule has 0 aliphatic heterocycles. The normalized spacial score (nSPS) is 11.3. The summed E-state index contributed by atoms with van der Waals surface area (Å²) >= 11 is 5.13. The number of benzene rings is 2. The summed E-state index contributed by atoms with van der Waals surface area (Å²) in [7, 11) is 1.36. The number of alkyl halides is 2. The molecule has 0 aliphatic rings. The SMILES string of the molecule is COc1cc(/C(C)=N\NC(=S)NCc2ccc(F)cc2)ccc1OC(F)F. The second kappa shape index (κ2) is 9.77. The summed E-state index contributed by atoms with van der Waals surface area (Å²) in [5.74, 6) is -0.201. The van der Waals surface area contributed by atoms with Crippen molar-refractivity contribution >= 4 is 23.0 Å². The Morgan fingerprint density at radius 2 is 1.85 bits per heavy atom. The van der Waals surface area contributed by atoms with Crippen LogP contribution >= 0.6 is 12.2 Å². The lowest BCUT2D eigenvalue weighted by atomic mass is 10.1. The van der Waals surface area contributed by atoms with E-state index in [9.17, 15) is 13.2 Å². The fourth-order valence-electron chi connectivity index (χ4n) is 2.11. The van der Waals surface area contributed by atoms with E-state index in [-0.39, 0.29) is 22.4 Å².